The lowest BCUT2D eigenvalue weighted by atomic mass is 9.74. The van der Waals surface area contributed by atoms with E-state index in [4.69, 9.17) is 11.6 Å². The molecule has 31 heavy (non-hydrogen) atoms. The molecule has 2 aromatic rings. The molecular weight excluding hydrogens is 447 g/mol. The number of hydrogen-bond acceptors (Lipinski definition) is 3. The Morgan fingerprint density at radius 1 is 1.16 bits per heavy atom. The van der Waals surface area contributed by atoms with Gasteiger partial charge in [0.2, 0.25) is 0 Å². The van der Waals surface area contributed by atoms with E-state index < -0.39 is 23.4 Å². The Bertz CT molecular complexity index is 949. The Morgan fingerprint density at radius 3 is 2.42 bits per heavy atom. The summed E-state index contributed by atoms with van der Waals surface area (Å²) in [6.45, 7) is 6.25. The first-order chi connectivity index (χ1) is 14.6. The third-order valence-electron chi connectivity index (χ3n) is 5.78. The van der Waals surface area contributed by atoms with E-state index in [1.807, 2.05) is 6.92 Å². The largest absolute Gasteiger partial charge is 0.393 e. The van der Waals surface area contributed by atoms with Crippen LogP contribution in [0.25, 0.3) is 0 Å². The number of aliphatic hydroxyl groups excluding tert-OH is 1. The van der Waals surface area contributed by atoms with Gasteiger partial charge in [0.1, 0.15) is 0 Å². The third-order valence-corrected chi connectivity index (χ3v) is 7.53. The molecule has 4 unspecified atom stereocenters. The molecule has 1 fully saturated rings. The van der Waals surface area contributed by atoms with Crippen LogP contribution in [0.4, 0.5) is 18.9 Å². The van der Waals surface area contributed by atoms with Gasteiger partial charge in [-0.25, -0.2) is 13.2 Å². The minimum Gasteiger partial charge on any atom is -0.393 e. The number of thioether (sulfide) groups is 1. The van der Waals surface area contributed by atoms with Crippen LogP contribution < -0.4 is 5.32 Å². The molecule has 168 valence electrons. The number of aliphatic hydroxyl groups is 1. The average Bonchev–Trinajstić information content (AvgIpc) is 2.70. The highest BCUT2D eigenvalue weighted by Crippen LogP contribution is 2.43. The van der Waals surface area contributed by atoms with Crippen molar-refractivity contribution in [2.75, 3.05) is 5.32 Å². The van der Waals surface area contributed by atoms with Crippen molar-refractivity contribution in [1.82, 2.24) is 0 Å². The topological polar surface area (TPSA) is 49.3 Å². The van der Waals surface area contributed by atoms with E-state index in [1.54, 1.807) is 23.9 Å². The van der Waals surface area contributed by atoms with Crippen molar-refractivity contribution in [3.8, 4) is 0 Å². The van der Waals surface area contributed by atoms with Crippen LogP contribution in [0.5, 0.6) is 0 Å². The van der Waals surface area contributed by atoms with Crippen LogP contribution in [-0.2, 0) is 0 Å². The molecule has 1 amide bonds. The minimum absolute atomic E-state index is 0.159. The predicted molar refractivity (Wildman–Crippen MR) is 118 cm³/mol. The SMILES string of the molecule is CC(C)C1CC(Sc2cc(C(=O)Nc3cc(F)c(F)c(F)c3)ccc2Cl)CC(C)C1O. The van der Waals surface area contributed by atoms with Gasteiger partial charge >= 0.3 is 0 Å². The first-order valence-electron chi connectivity index (χ1n) is 10.2. The van der Waals surface area contributed by atoms with E-state index in [9.17, 15) is 23.1 Å². The number of anilines is 1. The van der Waals surface area contributed by atoms with E-state index in [2.05, 4.69) is 19.2 Å². The minimum atomic E-state index is -1.59. The molecule has 1 aliphatic rings. The summed E-state index contributed by atoms with van der Waals surface area (Å²) in [5.41, 5.74) is 0.0850. The lowest BCUT2D eigenvalue weighted by Gasteiger charge is -2.39. The quantitative estimate of drug-likeness (QED) is 0.487. The van der Waals surface area contributed by atoms with Gasteiger partial charge in [0.15, 0.2) is 17.5 Å². The number of nitrogens with one attached hydrogen (secondary N) is 1. The van der Waals surface area contributed by atoms with Crippen LogP contribution in [0, 0.1) is 35.2 Å². The number of carbonyl (C=O) groups is 1. The summed E-state index contributed by atoms with van der Waals surface area (Å²) in [6, 6.07) is 6.21. The molecule has 4 atom stereocenters. The molecule has 0 spiro atoms. The number of amides is 1. The second-order valence-corrected chi connectivity index (χ2v) is 10.2. The first kappa shape index (κ1) is 24.0. The van der Waals surface area contributed by atoms with Gasteiger partial charge in [0.05, 0.1) is 11.1 Å². The molecule has 0 saturated heterocycles. The molecule has 3 rings (SSSR count). The number of hydrogen-bond donors (Lipinski definition) is 2. The Kier molecular flexibility index (Phi) is 7.60. The van der Waals surface area contributed by atoms with Gasteiger partial charge in [-0.3, -0.25) is 4.79 Å². The fraction of sp³-hybridized carbons (Fsp3) is 0.435. The predicted octanol–water partition coefficient (Wildman–Crippen LogP) is 6.53. The Balaban J connectivity index is 1.76. The third kappa shape index (κ3) is 5.57. The zero-order valence-corrected chi connectivity index (χ0v) is 19.0. The van der Waals surface area contributed by atoms with E-state index in [0.717, 1.165) is 29.9 Å². The molecule has 1 saturated carbocycles. The van der Waals surface area contributed by atoms with Crippen molar-refractivity contribution >= 4 is 35.0 Å². The molecule has 0 bridgehead atoms. The van der Waals surface area contributed by atoms with Gasteiger partial charge in [0.25, 0.3) is 5.91 Å². The van der Waals surface area contributed by atoms with Crippen molar-refractivity contribution in [3.05, 3.63) is 58.4 Å². The van der Waals surface area contributed by atoms with E-state index >= 15 is 0 Å². The van der Waals surface area contributed by atoms with E-state index in [-0.39, 0.29) is 34.4 Å². The second-order valence-electron chi connectivity index (χ2n) is 8.44. The highest BCUT2D eigenvalue weighted by atomic mass is 35.5. The summed E-state index contributed by atoms with van der Waals surface area (Å²) in [6.07, 6.45) is 1.34. The molecule has 1 aliphatic carbocycles. The average molecular weight is 472 g/mol. The number of carbonyl (C=O) groups excluding carboxylic acids is 1. The number of halogens is 4. The van der Waals surface area contributed by atoms with Gasteiger partial charge in [-0.1, -0.05) is 32.4 Å². The van der Waals surface area contributed by atoms with Crippen molar-refractivity contribution < 1.29 is 23.1 Å². The maximum Gasteiger partial charge on any atom is 0.255 e. The molecule has 0 aliphatic heterocycles. The molecule has 2 N–H and O–H groups in total. The normalized spacial score (nSPS) is 23.8. The summed E-state index contributed by atoms with van der Waals surface area (Å²) < 4.78 is 40.0. The molecule has 0 heterocycles. The lowest BCUT2D eigenvalue weighted by molar-refractivity contribution is 0.00712. The first-order valence-corrected chi connectivity index (χ1v) is 11.4. The lowest BCUT2D eigenvalue weighted by Crippen LogP contribution is -2.39. The maximum absolute atomic E-state index is 13.4. The zero-order valence-electron chi connectivity index (χ0n) is 17.5. The van der Waals surface area contributed by atoms with Crippen LogP contribution in [-0.4, -0.2) is 22.4 Å². The molecule has 8 heteroatoms. The molecule has 0 aromatic heterocycles. The van der Waals surface area contributed by atoms with E-state index in [1.165, 1.54) is 6.07 Å². The van der Waals surface area contributed by atoms with Crippen molar-refractivity contribution in [2.45, 2.75) is 49.9 Å². The highest BCUT2D eigenvalue weighted by Gasteiger charge is 2.36. The second kappa shape index (κ2) is 9.84. The summed E-state index contributed by atoms with van der Waals surface area (Å²) in [4.78, 5) is 13.3. The molecular formula is C23H25ClF3NO2S. The van der Waals surface area contributed by atoms with Gasteiger partial charge in [0, 0.05) is 33.5 Å². The smallest absolute Gasteiger partial charge is 0.255 e. The van der Waals surface area contributed by atoms with Gasteiger partial charge in [-0.05, 0) is 48.8 Å². The zero-order chi connectivity index (χ0) is 22.9. The fourth-order valence-electron chi connectivity index (χ4n) is 4.02. The Morgan fingerprint density at radius 2 is 1.81 bits per heavy atom. The maximum atomic E-state index is 13.4. The van der Waals surface area contributed by atoms with Crippen LogP contribution >= 0.6 is 23.4 Å². The van der Waals surface area contributed by atoms with Crippen molar-refractivity contribution in [2.24, 2.45) is 17.8 Å². The number of benzene rings is 2. The molecule has 0 radical (unpaired) electrons. The van der Waals surface area contributed by atoms with Gasteiger partial charge < -0.3 is 10.4 Å². The Labute approximate surface area is 189 Å². The van der Waals surface area contributed by atoms with Gasteiger partial charge in [-0.2, -0.15) is 0 Å². The van der Waals surface area contributed by atoms with Crippen LogP contribution in [0.2, 0.25) is 5.02 Å². The van der Waals surface area contributed by atoms with Crippen LogP contribution in [0.1, 0.15) is 44.0 Å². The van der Waals surface area contributed by atoms with E-state index in [0.29, 0.717) is 10.9 Å². The summed E-state index contributed by atoms with van der Waals surface area (Å²) in [5, 5.41) is 13.6. The van der Waals surface area contributed by atoms with Crippen LogP contribution in [0.3, 0.4) is 0 Å². The number of rotatable bonds is 5. The summed E-state index contributed by atoms with van der Waals surface area (Å²) >= 11 is 7.93. The monoisotopic (exact) mass is 471 g/mol. The Hall–Kier alpha value is -1.70. The standard InChI is InChI=1S/C23H25ClF3NO2S/c1-11(2)16-10-15(6-12(3)22(16)29)31-20-7-13(4-5-17(20)24)23(30)28-14-8-18(25)21(27)19(26)9-14/h4-5,7-9,11-12,15-16,22,29H,6,10H2,1-3H3,(H,28,30). The van der Waals surface area contributed by atoms with Crippen molar-refractivity contribution in [3.63, 3.8) is 0 Å². The molecule has 2 aromatic carbocycles. The molecule has 3 nitrogen and oxygen atoms in total. The fourth-order valence-corrected chi connectivity index (χ4v) is 5.73. The summed E-state index contributed by atoms with van der Waals surface area (Å²) in [5.74, 6) is -4.23. The summed E-state index contributed by atoms with van der Waals surface area (Å²) in [7, 11) is 0. The van der Waals surface area contributed by atoms with Crippen LogP contribution in [0.15, 0.2) is 35.2 Å². The van der Waals surface area contributed by atoms with Gasteiger partial charge in [-0.15, -0.1) is 11.8 Å². The van der Waals surface area contributed by atoms with Crippen molar-refractivity contribution in [1.29, 1.82) is 0 Å². The highest BCUT2D eigenvalue weighted by molar-refractivity contribution is 8.00.